The molecule has 0 aliphatic carbocycles. The molecule has 1 aromatic heterocycles. The minimum Gasteiger partial charge on any atom is -0.505 e. The van der Waals surface area contributed by atoms with Crippen molar-refractivity contribution in [1.29, 1.82) is 0 Å². The van der Waals surface area contributed by atoms with E-state index in [9.17, 15) is 20.1 Å². The summed E-state index contributed by atoms with van der Waals surface area (Å²) in [6.45, 7) is 0. The van der Waals surface area contributed by atoms with Gasteiger partial charge in [-0.05, 0) is 48.0 Å². The number of carbonyl (C=O) groups is 1. The van der Waals surface area contributed by atoms with Gasteiger partial charge in [-0.3, -0.25) is 4.57 Å². The molecule has 5 rings (SSSR count). The van der Waals surface area contributed by atoms with Gasteiger partial charge in [0.1, 0.15) is 5.69 Å². The zero-order valence-electron chi connectivity index (χ0n) is 18.4. The van der Waals surface area contributed by atoms with E-state index in [0.29, 0.717) is 37.8 Å². The number of aromatic nitrogens is 1. The van der Waals surface area contributed by atoms with Crippen LogP contribution in [0.2, 0.25) is 10.0 Å². The third-order valence-electron chi connectivity index (χ3n) is 5.62. The molecule has 0 bridgehead atoms. The van der Waals surface area contributed by atoms with Crippen molar-refractivity contribution in [1.82, 2.24) is 4.57 Å². The largest absolute Gasteiger partial charge is 0.505 e. The highest BCUT2D eigenvalue weighted by molar-refractivity contribution is 6.34. The van der Waals surface area contributed by atoms with Crippen LogP contribution in [0.3, 0.4) is 0 Å². The normalized spacial score (nSPS) is 11.4. The molecule has 7 nitrogen and oxygen atoms in total. The first-order valence-corrected chi connectivity index (χ1v) is 11.5. The number of carboxylic acids is 1. The van der Waals surface area contributed by atoms with Crippen molar-refractivity contribution in [2.24, 2.45) is 10.2 Å². The van der Waals surface area contributed by atoms with Gasteiger partial charge >= 0.3 is 5.97 Å². The third kappa shape index (κ3) is 4.26. The van der Waals surface area contributed by atoms with E-state index in [4.69, 9.17) is 23.2 Å². The summed E-state index contributed by atoms with van der Waals surface area (Å²) in [6.07, 6.45) is 0. The maximum absolute atomic E-state index is 11.3. The van der Waals surface area contributed by atoms with Crippen LogP contribution in [0.4, 0.5) is 11.4 Å². The van der Waals surface area contributed by atoms with Crippen molar-refractivity contribution in [2.45, 2.75) is 0 Å². The van der Waals surface area contributed by atoms with Crippen molar-refractivity contribution in [2.75, 3.05) is 0 Å². The molecule has 36 heavy (non-hydrogen) atoms. The number of azo groups is 1. The number of phenolic OH excluding ortho intramolecular Hbond substituents is 1. The van der Waals surface area contributed by atoms with Crippen LogP contribution in [0.25, 0.3) is 27.7 Å². The Labute approximate surface area is 215 Å². The topological polar surface area (TPSA) is 107 Å². The third-order valence-corrected chi connectivity index (χ3v) is 6.06. The van der Waals surface area contributed by atoms with Crippen LogP contribution >= 0.6 is 23.2 Å². The maximum Gasteiger partial charge on any atom is 0.335 e. The number of halogens is 2. The summed E-state index contributed by atoms with van der Waals surface area (Å²) in [5.41, 5.74) is 2.56. The fraction of sp³-hybridized carbons (Fsp3) is 0. The number of aromatic carboxylic acids is 1. The van der Waals surface area contributed by atoms with Crippen LogP contribution in [0.15, 0.2) is 95.2 Å². The number of rotatable bonds is 5. The van der Waals surface area contributed by atoms with Crippen molar-refractivity contribution in [3.63, 3.8) is 0 Å². The van der Waals surface area contributed by atoms with Gasteiger partial charge in [-0.25, -0.2) is 4.79 Å². The quantitative estimate of drug-likeness (QED) is 0.204. The smallest absolute Gasteiger partial charge is 0.335 e. The minimum absolute atomic E-state index is 0.0952. The van der Waals surface area contributed by atoms with Crippen LogP contribution in [-0.4, -0.2) is 25.9 Å². The highest BCUT2D eigenvalue weighted by Crippen LogP contribution is 2.44. The zero-order chi connectivity index (χ0) is 25.4. The van der Waals surface area contributed by atoms with Crippen molar-refractivity contribution in [3.05, 3.63) is 101 Å². The molecule has 0 fully saturated rings. The molecular weight excluding hydrogens is 501 g/mol. The molecule has 4 aromatic carbocycles. The fourth-order valence-electron chi connectivity index (χ4n) is 4.01. The highest BCUT2D eigenvalue weighted by atomic mass is 35.5. The van der Waals surface area contributed by atoms with Gasteiger partial charge in [0.25, 0.3) is 0 Å². The van der Waals surface area contributed by atoms with Crippen LogP contribution in [0.1, 0.15) is 10.4 Å². The van der Waals surface area contributed by atoms with E-state index >= 15 is 0 Å². The molecule has 0 amide bonds. The Morgan fingerprint density at radius 2 is 1.53 bits per heavy atom. The van der Waals surface area contributed by atoms with Gasteiger partial charge in [-0.2, -0.15) is 0 Å². The average Bonchev–Trinajstić information content (AvgIpc) is 3.14. The number of para-hydroxylation sites is 2. The Kier molecular flexibility index (Phi) is 6.10. The molecule has 0 spiro atoms. The van der Waals surface area contributed by atoms with E-state index in [-0.39, 0.29) is 28.6 Å². The molecule has 178 valence electrons. The Balaban J connectivity index is 1.61. The van der Waals surface area contributed by atoms with E-state index in [1.54, 1.807) is 59.2 Å². The summed E-state index contributed by atoms with van der Waals surface area (Å²) in [4.78, 5) is 11.3. The number of hydrogen-bond donors (Lipinski definition) is 3. The molecule has 3 N–H and O–H groups in total. The van der Waals surface area contributed by atoms with Gasteiger partial charge in [0, 0.05) is 21.0 Å². The lowest BCUT2D eigenvalue weighted by Gasteiger charge is -2.08. The van der Waals surface area contributed by atoms with Gasteiger partial charge in [0.15, 0.2) is 11.4 Å². The molecule has 0 aliphatic rings. The summed E-state index contributed by atoms with van der Waals surface area (Å²) >= 11 is 12.4. The molecule has 0 saturated heterocycles. The van der Waals surface area contributed by atoms with E-state index in [0.717, 1.165) is 0 Å². The predicted octanol–water partition coefficient (Wildman–Crippen LogP) is 8.13. The number of carboxylic acid groups (broad SMARTS) is 1. The second-order valence-corrected chi connectivity index (χ2v) is 8.78. The number of phenols is 1. The van der Waals surface area contributed by atoms with Gasteiger partial charge < -0.3 is 15.3 Å². The second kappa shape index (κ2) is 9.37. The SMILES string of the molecule is O=C(O)c1cccc(-c2cccc(N=Nc3c(O)n(-c4cc(Cl)cc(Cl)c4)c4ccccc34)c2O)c1. The van der Waals surface area contributed by atoms with Crippen LogP contribution in [0.5, 0.6) is 11.6 Å². The minimum atomic E-state index is -1.07. The van der Waals surface area contributed by atoms with Crippen molar-refractivity contribution >= 4 is 51.4 Å². The van der Waals surface area contributed by atoms with Crippen molar-refractivity contribution < 1.29 is 20.1 Å². The lowest BCUT2D eigenvalue weighted by atomic mass is 10.0. The fourth-order valence-corrected chi connectivity index (χ4v) is 4.52. The highest BCUT2D eigenvalue weighted by Gasteiger charge is 2.19. The van der Waals surface area contributed by atoms with Gasteiger partial charge in [-0.1, -0.05) is 65.7 Å². The Morgan fingerprint density at radius 1 is 0.806 bits per heavy atom. The Morgan fingerprint density at radius 3 is 2.28 bits per heavy atom. The predicted molar refractivity (Wildman–Crippen MR) is 140 cm³/mol. The van der Waals surface area contributed by atoms with E-state index < -0.39 is 5.97 Å². The molecular formula is C27H17Cl2N3O4. The molecule has 5 aromatic rings. The monoisotopic (exact) mass is 517 g/mol. The summed E-state index contributed by atoms with van der Waals surface area (Å²) in [7, 11) is 0. The van der Waals surface area contributed by atoms with E-state index in [1.807, 2.05) is 18.2 Å². The first-order chi connectivity index (χ1) is 17.3. The van der Waals surface area contributed by atoms with Crippen LogP contribution in [-0.2, 0) is 0 Å². The van der Waals surface area contributed by atoms with E-state index in [2.05, 4.69) is 10.2 Å². The van der Waals surface area contributed by atoms with E-state index in [1.165, 1.54) is 12.1 Å². The Bertz CT molecular complexity index is 1660. The zero-order valence-corrected chi connectivity index (χ0v) is 19.9. The lowest BCUT2D eigenvalue weighted by Crippen LogP contribution is -1.95. The maximum atomic E-state index is 11.3. The molecule has 9 heteroatoms. The summed E-state index contributed by atoms with van der Waals surface area (Å²) in [6, 6.07) is 23.3. The number of fused-ring (bicyclic) bond motifs is 1. The summed E-state index contributed by atoms with van der Waals surface area (Å²) < 4.78 is 1.56. The standard InChI is InChI=1S/C27H17Cl2N3O4/c28-17-12-18(29)14-19(13-17)32-23-10-2-1-7-21(23)24(26(32)34)31-30-22-9-4-8-20(25(22)33)15-5-3-6-16(11-15)27(35)36/h1-14,33-34H,(H,35,36). The van der Waals surface area contributed by atoms with Gasteiger partial charge in [-0.15, -0.1) is 10.2 Å². The van der Waals surface area contributed by atoms with Crippen LogP contribution in [0, 0.1) is 0 Å². The first kappa shape index (κ1) is 23.4. The van der Waals surface area contributed by atoms with Crippen LogP contribution < -0.4 is 0 Å². The molecule has 0 saturated carbocycles. The molecule has 0 radical (unpaired) electrons. The molecule has 1 heterocycles. The first-order valence-electron chi connectivity index (χ1n) is 10.7. The number of hydrogen-bond acceptors (Lipinski definition) is 5. The number of nitrogens with zero attached hydrogens (tertiary/aromatic N) is 3. The lowest BCUT2D eigenvalue weighted by molar-refractivity contribution is 0.0697. The molecule has 0 aliphatic heterocycles. The number of benzene rings is 4. The Hall–Kier alpha value is -4.33. The summed E-state index contributed by atoms with van der Waals surface area (Å²) in [5, 5.41) is 41.2. The molecule has 0 unspecified atom stereocenters. The van der Waals surface area contributed by atoms with Crippen molar-refractivity contribution in [3.8, 4) is 28.4 Å². The number of aromatic hydroxyl groups is 2. The second-order valence-electron chi connectivity index (χ2n) is 7.91. The molecule has 0 atom stereocenters. The summed E-state index contributed by atoms with van der Waals surface area (Å²) in [5.74, 6) is -1.42. The van der Waals surface area contributed by atoms with Gasteiger partial charge in [0.2, 0.25) is 5.88 Å². The average molecular weight is 518 g/mol. The van der Waals surface area contributed by atoms with Gasteiger partial charge in [0.05, 0.1) is 16.8 Å².